The Morgan fingerprint density at radius 1 is 0.568 bits per heavy atom. The second-order valence-corrected chi connectivity index (χ2v) is 15.0. The molecule has 0 saturated heterocycles. The molecule has 2 rings (SSSR count). The number of hydrogen-bond acceptors (Lipinski definition) is 4. The predicted molar refractivity (Wildman–Crippen MR) is 159 cm³/mol. The summed E-state index contributed by atoms with van der Waals surface area (Å²) in [7, 11) is 0. The smallest absolute Gasteiger partial charge is 0.123 e. The molecular formula is C33H54N2O2. The van der Waals surface area contributed by atoms with Gasteiger partial charge in [-0.25, -0.2) is 0 Å². The Morgan fingerprint density at radius 2 is 0.865 bits per heavy atom. The van der Waals surface area contributed by atoms with Crippen LogP contribution in [0.2, 0.25) is 0 Å². The molecule has 2 aromatic rings. The molecule has 0 amide bonds. The molecule has 0 fully saturated rings. The van der Waals surface area contributed by atoms with Crippen LogP contribution < -0.4 is 10.6 Å². The van der Waals surface area contributed by atoms with Crippen LogP contribution in [0.4, 0.5) is 0 Å². The van der Waals surface area contributed by atoms with Crippen LogP contribution >= 0.6 is 0 Å². The van der Waals surface area contributed by atoms with E-state index in [0.717, 1.165) is 41.9 Å². The quantitative estimate of drug-likeness (QED) is 0.310. The van der Waals surface area contributed by atoms with E-state index in [1.807, 2.05) is 0 Å². The summed E-state index contributed by atoms with van der Waals surface area (Å²) in [5, 5.41) is 29.3. The third kappa shape index (κ3) is 8.22. The van der Waals surface area contributed by atoms with Gasteiger partial charge in [0.2, 0.25) is 0 Å². The summed E-state index contributed by atoms with van der Waals surface area (Å²) in [5.41, 5.74) is 5.88. The minimum atomic E-state index is -0.130. The second kappa shape index (κ2) is 11.0. The van der Waals surface area contributed by atoms with Crippen molar-refractivity contribution in [2.75, 3.05) is 6.54 Å². The monoisotopic (exact) mass is 510 g/mol. The lowest BCUT2D eigenvalue weighted by Gasteiger charge is -2.29. The van der Waals surface area contributed by atoms with Crippen LogP contribution in [-0.2, 0) is 34.7 Å². The summed E-state index contributed by atoms with van der Waals surface area (Å²) < 4.78 is 0. The molecule has 37 heavy (non-hydrogen) atoms. The van der Waals surface area contributed by atoms with E-state index in [-0.39, 0.29) is 27.7 Å². The van der Waals surface area contributed by atoms with Gasteiger partial charge in [0, 0.05) is 25.7 Å². The first-order valence-corrected chi connectivity index (χ1v) is 13.8. The van der Waals surface area contributed by atoms with Gasteiger partial charge in [0.25, 0.3) is 0 Å². The highest BCUT2D eigenvalue weighted by atomic mass is 16.3. The molecule has 4 heteroatoms. The molecule has 4 nitrogen and oxygen atoms in total. The summed E-state index contributed by atoms with van der Waals surface area (Å²) in [6.07, 6.45) is 0. The minimum absolute atomic E-state index is 0.128. The van der Waals surface area contributed by atoms with Crippen molar-refractivity contribution in [1.29, 1.82) is 0 Å². The van der Waals surface area contributed by atoms with Gasteiger partial charge in [0.1, 0.15) is 11.5 Å². The number of phenolic OH excluding ortho intramolecular Hbond substituents is 2. The lowest BCUT2D eigenvalue weighted by Crippen LogP contribution is -2.36. The molecule has 208 valence electrons. The Labute approximate surface area is 227 Å². The molecule has 0 radical (unpaired) electrons. The molecule has 0 heterocycles. The number of rotatable bonds is 7. The van der Waals surface area contributed by atoms with Crippen LogP contribution in [0.5, 0.6) is 11.5 Å². The maximum absolute atomic E-state index is 11.0. The van der Waals surface area contributed by atoms with Crippen molar-refractivity contribution in [3.63, 3.8) is 0 Å². The molecule has 0 aliphatic carbocycles. The van der Waals surface area contributed by atoms with E-state index in [4.69, 9.17) is 0 Å². The largest absolute Gasteiger partial charge is 0.507 e. The molecule has 4 N–H and O–H groups in total. The first-order valence-electron chi connectivity index (χ1n) is 13.8. The summed E-state index contributed by atoms with van der Waals surface area (Å²) in [5.74, 6) is 0.855. The van der Waals surface area contributed by atoms with Gasteiger partial charge >= 0.3 is 0 Å². The van der Waals surface area contributed by atoms with Crippen molar-refractivity contribution in [3.8, 4) is 11.5 Å². The van der Waals surface area contributed by atoms with Gasteiger partial charge in [-0.1, -0.05) is 107 Å². The van der Waals surface area contributed by atoms with Crippen molar-refractivity contribution in [1.82, 2.24) is 10.6 Å². The third-order valence-corrected chi connectivity index (χ3v) is 7.01. The van der Waals surface area contributed by atoms with Crippen LogP contribution in [0.15, 0.2) is 24.3 Å². The molecular weight excluding hydrogens is 456 g/mol. The van der Waals surface area contributed by atoms with E-state index in [9.17, 15) is 10.2 Å². The third-order valence-electron chi connectivity index (χ3n) is 7.01. The van der Waals surface area contributed by atoms with Gasteiger partial charge in [-0.2, -0.15) is 0 Å². The van der Waals surface area contributed by atoms with E-state index < -0.39 is 0 Å². The standard InChI is InChI=1S/C33H54N2O2/c1-21(35-20-23-16-26(32(8,9)10)29(37)27(17-23)33(11,12)13)18-34-19-22-14-24(30(2,3)4)28(36)25(15-22)31(5,6)7/h14-17,21,34-37H,18-20H2,1-13H3. The van der Waals surface area contributed by atoms with Gasteiger partial charge in [-0.3, -0.25) is 0 Å². The Balaban J connectivity index is 2.13. The van der Waals surface area contributed by atoms with Crippen LogP contribution in [-0.4, -0.2) is 22.8 Å². The van der Waals surface area contributed by atoms with Gasteiger partial charge in [-0.15, -0.1) is 0 Å². The van der Waals surface area contributed by atoms with Crippen molar-refractivity contribution < 1.29 is 10.2 Å². The normalized spacial score (nSPS) is 14.2. The first-order chi connectivity index (χ1) is 16.6. The maximum atomic E-state index is 11.0. The molecule has 0 aliphatic heterocycles. The molecule has 0 aromatic heterocycles. The number of hydrogen-bond donors (Lipinski definition) is 4. The van der Waals surface area contributed by atoms with E-state index in [2.05, 4.69) is 125 Å². The molecule has 0 saturated carbocycles. The maximum Gasteiger partial charge on any atom is 0.123 e. The number of benzene rings is 2. The van der Waals surface area contributed by atoms with Crippen molar-refractivity contribution in [2.24, 2.45) is 0 Å². The highest BCUT2D eigenvalue weighted by molar-refractivity contribution is 5.51. The predicted octanol–water partition coefficient (Wildman–Crippen LogP) is 7.56. The van der Waals surface area contributed by atoms with Crippen LogP contribution in [0.25, 0.3) is 0 Å². The summed E-state index contributed by atoms with van der Waals surface area (Å²) >= 11 is 0. The summed E-state index contributed by atoms with van der Waals surface area (Å²) in [6.45, 7) is 30.3. The van der Waals surface area contributed by atoms with Crippen LogP contribution in [0, 0.1) is 0 Å². The lowest BCUT2D eigenvalue weighted by molar-refractivity contribution is 0.420. The highest BCUT2D eigenvalue weighted by Crippen LogP contribution is 2.41. The first kappa shape index (κ1) is 31.2. The number of aromatic hydroxyl groups is 2. The molecule has 0 aliphatic rings. The molecule has 2 aromatic carbocycles. The SMILES string of the molecule is CC(CNCc1cc(C(C)(C)C)c(O)c(C(C)(C)C)c1)NCc1cc(C(C)(C)C)c(O)c(C(C)(C)C)c1. The topological polar surface area (TPSA) is 64.5 Å². The Kier molecular flexibility index (Phi) is 9.25. The fraction of sp³-hybridized carbons (Fsp3) is 0.636. The zero-order chi connectivity index (χ0) is 28.6. The zero-order valence-corrected chi connectivity index (χ0v) is 25.9. The molecule has 1 atom stereocenters. The van der Waals surface area contributed by atoms with E-state index in [1.165, 1.54) is 11.1 Å². The summed E-state index contributed by atoms with van der Waals surface area (Å²) in [6, 6.07) is 8.86. The van der Waals surface area contributed by atoms with Crippen LogP contribution in [0.3, 0.4) is 0 Å². The summed E-state index contributed by atoms with van der Waals surface area (Å²) in [4.78, 5) is 0. The average molecular weight is 511 g/mol. The molecule has 0 bridgehead atoms. The number of nitrogens with one attached hydrogen (secondary N) is 2. The van der Waals surface area contributed by atoms with Crippen molar-refractivity contribution in [2.45, 2.75) is 131 Å². The van der Waals surface area contributed by atoms with Gasteiger partial charge in [0.05, 0.1) is 0 Å². The molecule has 0 spiro atoms. The highest BCUT2D eigenvalue weighted by Gasteiger charge is 2.28. The van der Waals surface area contributed by atoms with Crippen molar-refractivity contribution >= 4 is 0 Å². The number of phenols is 2. The average Bonchev–Trinajstić information content (AvgIpc) is 2.70. The fourth-order valence-electron chi connectivity index (χ4n) is 4.68. The van der Waals surface area contributed by atoms with E-state index >= 15 is 0 Å². The van der Waals surface area contributed by atoms with E-state index in [1.54, 1.807) is 0 Å². The Bertz CT molecular complexity index is 1000. The Hall–Kier alpha value is -2.04. The van der Waals surface area contributed by atoms with Crippen LogP contribution in [0.1, 0.15) is 123 Å². The van der Waals surface area contributed by atoms with Crippen molar-refractivity contribution in [3.05, 3.63) is 57.6 Å². The van der Waals surface area contributed by atoms with Gasteiger partial charge in [0.15, 0.2) is 0 Å². The second-order valence-electron chi connectivity index (χ2n) is 15.0. The Morgan fingerprint density at radius 3 is 1.16 bits per heavy atom. The minimum Gasteiger partial charge on any atom is -0.507 e. The van der Waals surface area contributed by atoms with Gasteiger partial charge in [-0.05, 0) is 62.0 Å². The van der Waals surface area contributed by atoms with E-state index in [0.29, 0.717) is 11.5 Å². The zero-order valence-electron chi connectivity index (χ0n) is 25.9. The fourth-order valence-corrected chi connectivity index (χ4v) is 4.68. The van der Waals surface area contributed by atoms with Gasteiger partial charge < -0.3 is 20.8 Å². The molecule has 1 unspecified atom stereocenters. The lowest BCUT2D eigenvalue weighted by atomic mass is 9.78.